The second kappa shape index (κ2) is 10.2. The minimum absolute atomic E-state index is 0.293. The summed E-state index contributed by atoms with van der Waals surface area (Å²) in [5, 5.41) is 11.9. The quantitative estimate of drug-likeness (QED) is 0.305. The van der Waals surface area contributed by atoms with Crippen LogP contribution in [0.1, 0.15) is 18.5 Å². The summed E-state index contributed by atoms with van der Waals surface area (Å²) in [6, 6.07) is 19.1. The lowest BCUT2D eigenvalue weighted by Gasteiger charge is -2.29. The number of ether oxygens (including phenoxy) is 2. The Labute approximate surface area is 223 Å². The van der Waals surface area contributed by atoms with Crippen molar-refractivity contribution in [3.8, 4) is 22.9 Å². The molecule has 0 spiro atoms. The number of para-hydroxylation sites is 1. The van der Waals surface area contributed by atoms with Crippen molar-refractivity contribution in [1.82, 2.24) is 14.8 Å². The molecule has 5 rings (SSSR count). The first kappa shape index (κ1) is 24.7. The van der Waals surface area contributed by atoms with Crippen LogP contribution in [0.2, 0.25) is 10.0 Å². The van der Waals surface area contributed by atoms with E-state index in [4.69, 9.17) is 37.8 Å². The Kier molecular flexibility index (Phi) is 6.78. The first-order valence-electron chi connectivity index (χ1n) is 11.4. The van der Waals surface area contributed by atoms with Gasteiger partial charge in [0.15, 0.2) is 5.82 Å². The number of carbonyl (C=O) groups excluding carboxylic acids is 1. The van der Waals surface area contributed by atoms with E-state index in [-0.39, 0.29) is 5.91 Å². The summed E-state index contributed by atoms with van der Waals surface area (Å²) in [4.78, 5) is 18.4. The van der Waals surface area contributed by atoms with Crippen LogP contribution in [0.3, 0.4) is 0 Å². The number of methoxy groups -OCH3 is 2. The normalized spacial score (nSPS) is 14.6. The molecule has 1 aliphatic heterocycles. The highest BCUT2D eigenvalue weighted by molar-refractivity contribution is 6.36. The highest BCUT2D eigenvalue weighted by atomic mass is 35.5. The molecule has 1 aromatic heterocycles. The number of rotatable bonds is 6. The van der Waals surface area contributed by atoms with E-state index in [1.807, 2.05) is 43.3 Å². The molecule has 10 heteroatoms. The largest absolute Gasteiger partial charge is 0.497 e. The molecule has 1 atom stereocenters. The molecule has 2 heterocycles. The maximum absolute atomic E-state index is 13.7. The molecular formula is C27H23Cl2N5O3. The molecule has 4 aromatic rings. The molecule has 0 bridgehead atoms. The monoisotopic (exact) mass is 535 g/mol. The van der Waals surface area contributed by atoms with E-state index >= 15 is 0 Å². The van der Waals surface area contributed by atoms with Crippen molar-refractivity contribution in [2.24, 2.45) is 0 Å². The van der Waals surface area contributed by atoms with E-state index in [0.29, 0.717) is 61.4 Å². The average Bonchev–Trinajstić information content (AvgIpc) is 3.31. The van der Waals surface area contributed by atoms with E-state index in [1.165, 1.54) is 0 Å². The van der Waals surface area contributed by atoms with Gasteiger partial charge in [0.05, 0.1) is 24.8 Å². The molecule has 1 unspecified atom stereocenters. The van der Waals surface area contributed by atoms with Gasteiger partial charge in [-0.3, -0.25) is 4.79 Å². The number of aromatic nitrogens is 3. The number of hydrogen-bond donors (Lipinski definition) is 2. The summed E-state index contributed by atoms with van der Waals surface area (Å²) in [5.74, 6) is 1.71. The number of amides is 1. The predicted molar refractivity (Wildman–Crippen MR) is 145 cm³/mol. The van der Waals surface area contributed by atoms with Crippen molar-refractivity contribution in [3.63, 3.8) is 0 Å². The Hall–Kier alpha value is -4.01. The number of allylic oxidation sites excluding steroid dienone is 1. The number of hydrogen-bond acceptors (Lipinski definition) is 6. The first-order chi connectivity index (χ1) is 17.9. The summed E-state index contributed by atoms with van der Waals surface area (Å²) in [5.41, 5.74) is 3.03. The van der Waals surface area contributed by atoms with Gasteiger partial charge in [-0.15, -0.1) is 5.10 Å². The third-order valence-electron chi connectivity index (χ3n) is 6.03. The van der Waals surface area contributed by atoms with Crippen molar-refractivity contribution < 1.29 is 14.3 Å². The molecule has 1 aliphatic rings. The molecule has 3 aromatic carbocycles. The SMILES string of the molecule is COc1ccc(OC)c(C2C(C(=O)Nc3ccccc3)=C(C)Nc3nc(-c4ccc(Cl)cc4Cl)nn32)c1. The van der Waals surface area contributed by atoms with Gasteiger partial charge in [0, 0.05) is 27.5 Å². The Morgan fingerprint density at radius 1 is 1.03 bits per heavy atom. The van der Waals surface area contributed by atoms with Crippen LogP contribution in [-0.4, -0.2) is 34.9 Å². The lowest BCUT2D eigenvalue weighted by Crippen LogP contribution is -2.31. The van der Waals surface area contributed by atoms with Crippen LogP contribution in [-0.2, 0) is 4.79 Å². The van der Waals surface area contributed by atoms with E-state index in [9.17, 15) is 4.79 Å². The van der Waals surface area contributed by atoms with Crippen molar-refractivity contribution in [2.75, 3.05) is 24.9 Å². The second-order valence-electron chi connectivity index (χ2n) is 8.32. The molecule has 37 heavy (non-hydrogen) atoms. The first-order valence-corrected chi connectivity index (χ1v) is 12.1. The van der Waals surface area contributed by atoms with Crippen LogP contribution >= 0.6 is 23.2 Å². The smallest absolute Gasteiger partial charge is 0.255 e. The Morgan fingerprint density at radius 2 is 1.81 bits per heavy atom. The summed E-state index contributed by atoms with van der Waals surface area (Å²) < 4.78 is 12.8. The molecule has 0 radical (unpaired) electrons. The second-order valence-corrected chi connectivity index (χ2v) is 9.17. The minimum Gasteiger partial charge on any atom is -0.497 e. The highest BCUT2D eigenvalue weighted by Gasteiger charge is 2.36. The predicted octanol–water partition coefficient (Wildman–Crippen LogP) is 6.20. The van der Waals surface area contributed by atoms with Crippen molar-refractivity contribution >= 4 is 40.7 Å². The number of halogens is 2. The van der Waals surface area contributed by atoms with E-state index in [1.54, 1.807) is 49.2 Å². The number of fused-ring (bicyclic) bond motifs is 1. The van der Waals surface area contributed by atoms with Gasteiger partial charge in [-0.05, 0) is 55.5 Å². The topological polar surface area (TPSA) is 90.3 Å². The van der Waals surface area contributed by atoms with Crippen LogP contribution in [0.25, 0.3) is 11.4 Å². The standard InChI is InChI=1S/C27H23Cl2N5O3/c1-15-23(26(35)31-17-7-5-4-6-8-17)24(20-14-18(36-2)10-12-22(20)37-3)34-27(30-15)32-25(33-34)19-11-9-16(28)13-21(19)29/h4-14,24H,1-3H3,(H,31,35)(H,30,32,33). The fourth-order valence-corrected chi connectivity index (χ4v) is 4.78. The van der Waals surface area contributed by atoms with E-state index < -0.39 is 6.04 Å². The summed E-state index contributed by atoms with van der Waals surface area (Å²) in [6.07, 6.45) is 0. The van der Waals surface area contributed by atoms with Gasteiger partial charge < -0.3 is 20.1 Å². The van der Waals surface area contributed by atoms with Crippen molar-refractivity contribution in [1.29, 1.82) is 0 Å². The molecule has 2 N–H and O–H groups in total. The maximum Gasteiger partial charge on any atom is 0.255 e. The number of carbonyl (C=O) groups is 1. The zero-order valence-electron chi connectivity index (χ0n) is 20.3. The van der Waals surface area contributed by atoms with Gasteiger partial charge in [0.1, 0.15) is 17.5 Å². The minimum atomic E-state index is -0.683. The number of benzene rings is 3. The number of nitrogens with one attached hydrogen (secondary N) is 2. The molecule has 0 saturated carbocycles. The van der Waals surface area contributed by atoms with Crippen molar-refractivity contribution in [2.45, 2.75) is 13.0 Å². The Balaban J connectivity index is 1.68. The van der Waals surface area contributed by atoms with Gasteiger partial charge in [-0.1, -0.05) is 41.4 Å². The molecule has 1 amide bonds. The number of anilines is 2. The Morgan fingerprint density at radius 3 is 2.51 bits per heavy atom. The summed E-state index contributed by atoms with van der Waals surface area (Å²) >= 11 is 12.6. The van der Waals surface area contributed by atoms with Crippen LogP contribution in [0, 0.1) is 0 Å². The molecule has 188 valence electrons. The van der Waals surface area contributed by atoms with Gasteiger partial charge in [0.25, 0.3) is 5.91 Å². The zero-order chi connectivity index (χ0) is 26.1. The lowest BCUT2D eigenvalue weighted by atomic mass is 9.94. The van der Waals surface area contributed by atoms with Gasteiger partial charge in [-0.25, -0.2) is 4.68 Å². The maximum atomic E-state index is 13.7. The third kappa shape index (κ3) is 4.73. The van der Waals surface area contributed by atoms with E-state index in [0.717, 1.165) is 0 Å². The van der Waals surface area contributed by atoms with Crippen molar-refractivity contribution in [3.05, 3.63) is 93.6 Å². The molecule has 0 fully saturated rings. The number of nitrogens with zero attached hydrogens (tertiary/aromatic N) is 3. The molecule has 8 nitrogen and oxygen atoms in total. The lowest BCUT2D eigenvalue weighted by molar-refractivity contribution is -0.113. The van der Waals surface area contributed by atoms with E-state index in [2.05, 4.69) is 15.6 Å². The van der Waals surface area contributed by atoms with Crippen LogP contribution in [0.15, 0.2) is 78.0 Å². The van der Waals surface area contributed by atoms with Gasteiger partial charge in [0.2, 0.25) is 5.95 Å². The van der Waals surface area contributed by atoms with Crippen LogP contribution < -0.4 is 20.1 Å². The fourth-order valence-electron chi connectivity index (χ4n) is 4.29. The highest BCUT2D eigenvalue weighted by Crippen LogP contribution is 2.42. The fraction of sp³-hybridized carbons (Fsp3) is 0.148. The van der Waals surface area contributed by atoms with Gasteiger partial charge in [-0.2, -0.15) is 4.98 Å². The summed E-state index contributed by atoms with van der Waals surface area (Å²) in [6.45, 7) is 1.83. The van der Waals surface area contributed by atoms with Crippen LogP contribution in [0.4, 0.5) is 11.6 Å². The van der Waals surface area contributed by atoms with Crippen LogP contribution in [0.5, 0.6) is 11.5 Å². The molecule has 0 aliphatic carbocycles. The summed E-state index contributed by atoms with van der Waals surface area (Å²) in [7, 11) is 3.16. The molecule has 0 saturated heterocycles. The Bertz CT molecular complexity index is 1520. The molecular weight excluding hydrogens is 513 g/mol. The van der Waals surface area contributed by atoms with Gasteiger partial charge >= 0.3 is 0 Å². The zero-order valence-corrected chi connectivity index (χ0v) is 21.8. The average molecular weight is 536 g/mol. The third-order valence-corrected chi connectivity index (χ3v) is 6.58.